The highest BCUT2D eigenvalue weighted by molar-refractivity contribution is 9.10. The Morgan fingerprint density at radius 1 is 1.33 bits per heavy atom. The second-order valence-electron chi connectivity index (χ2n) is 5.17. The van der Waals surface area contributed by atoms with Crippen LogP contribution in [0.3, 0.4) is 0 Å². The molecule has 4 heteroatoms. The molecule has 0 fully saturated rings. The second kappa shape index (κ2) is 6.29. The van der Waals surface area contributed by atoms with E-state index in [1.54, 1.807) is 0 Å². The molecular weight excluding hydrogens is 350 g/mol. The van der Waals surface area contributed by atoms with Crippen LogP contribution in [0.25, 0.3) is 0 Å². The number of benzene rings is 2. The third-order valence-electron chi connectivity index (χ3n) is 3.81. The number of fused-ring (bicyclic) bond motifs is 1. The van der Waals surface area contributed by atoms with Gasteiger partial charge in [-0.25, -0.2) is 0 Å². The van der Waals surface area contributed by atoms with Gasteiger partial charge in [-0.1, -0.05) is 30.7 Å². The lowest BCUT2D eigenvalue weighted by molar-refractivity contribution is 0.357. The van der Waals surface area contributed by atoms with Crippen molar-refractivity contribution in [2.45, 2.75) is 25.8 Å². The average Bonchev–Trinajstić information content (AvgIpc) is 2.96. The van der Waals surface area contributed by atoms with Gasteiger partial charge in [-0.2, -0.15) is 0 Å². The van der Waals surface area contributed by atoms with E-state index in [9.17, 15) is 0 Å². The number of anilines is 1. The van der Waals surface area contributed by atoms with E-state index in [1.165, 1.54) is 11.1 Å². The minimum atomic E-state index is 0.255. The molecular formula is C17H17BrClNO. The minimum absolute atomic E-state index is 0.255. The van der Waals surface area contributed by atoms with E-state index in [0.717, 1.165) is 40.4 Å². The normalized spacial score (nSPS) is 14.4. The molecule has 2 aromatic carbocycles. The Bertz CT molecular complexity index is 659. The van der Waals surface area contributed by atoms with Gasteiger partial charge in [0.1, 0.15) is 5.75 Å². The Morgan fingerprint density at radius 3 is 3.00 bits per heavy atom. The van der Waals surface area contributed by atoms with Gasteiger partial charge < -0.3 is 10.1 Å². The van der Waals surface area contributed by atoms with Crippen LogP contribution in [-0.4, -0.2) is 6.61 Å². The molecule has 1 N–H and O–H groups in total. The highest BCUT2D eigenvalue weighted by atomic mass is 79.9. The zero-order chi connectivity index (χ0) is 14.8. The molecule has 1 unspecified atom stereocenters. The molecule has 0 saturated carbocycles. The minimum Gasteiger partial charge on any atom is -0.493 e. The standard InChI is InChI=1S/C17H17BrClNO/c1-2-14(20-15-5-3-4-13(19)17(15)18)11-6-7-16-12(10-11)8-9-21-16/h3-7,10,14,20H,2,8-9H2,1H3. The zero-order valence-electron chi connectivity index (χ0n) is 11.8. The van der Waals surface area contributed by atoms with Gasteiger partial charge in [-0.15, -0.1) is 0 Å². The molecule has 0 radical (unpaired) electrons. The predicted molar refractivity (Wildman–Crippen MR) is 91.4 cm³/mol. The molecule has 3 rings (SSSR count). The van der Waals surface area contributed by atoms with Gasteiger partial charge in [0, 0.05) is 6.42 Å². The molecule has 0 amide bonds. The maximum atomic E-state index is 6.16. The summed E-state index contributed by atoms with van der Waals surface area (Å²) in [5, 5.41) is 4.29. The first-order valence-electron chi connectivity index (χ1n) is 7.15. The highest BCUT2D eigenvalue weighted by Crippen LogP contribution is 2.35. The van der Waals surface area contributed by atoms with E-state index in [1.807, 2.05) is 18.2 Å². The van der Waals surface area contributed by atoms with E-state index in [2.05, 4.69) is 46.4 Å². The summed E-state index contributed by atoms with van der Waals surface area (Å²) >= 11 is 9.71. The van der Waals surface area contributed by atoms with Crippen molar-refractivity contribution in [3.05, 3.63) is 57.0 Å². The summed E-state index contributed by atoms with van der Waals surface area (Å²) in [6.45, 7) is 2.97. The maximum Gasteiger partial charge on any atom is 0.122 e. The van der Waals surface area contributed by atoms with Gasteiger partial charge in [0.25, 0.3) is 0 Å². The maximum absolute atomic E-state index is 6.16. The molecule has 0 aliphatic carbocycles. The van der Waals surface area contributed by atoms with Crippen molar-refractivity contribution in [3.63, 3.8) is 0 Å². The molecule has 0 bridgehead atoms. The number of hydrogen-bond donors (Lipinski definition) is 1. The third kappa shape index (κ3) is 3.04. The van der Waals surface area contributed by atoms with Gasteiger partial charge in [0.05, 0.1) is 27.8 Å². The van der Waals surface area contributed by atoms with Gasteiger partial charge in [0.15, 0.2) is 0 Å². The second-order valence-corrected chi connectivity index (χ2v) is 6.37. The van der Waals surface area contributed by atoms with Crippen LogP contribution < -0.4 is 10.1 Å². The SMILES string of the molecule is CCC(Nc1cccc(Cl)c1Br)c1ccc2c(c1)CCO2. The van der Waals surface area contributed by atoms with Crippen LogP contribution in [0.2, 0.25) is 5.02 Å². The molecule has 2 nitrogen and oxygen atoms in total. The van der Waals surface area contributed by atoms with Crippen LogP contribution in [0.4, 0.5) is 5.69 Å². The Balaban J connectivity index is 1.87. The molecule has 0 saturated heterocycles. The fraction of sp³-hybridized carbons (Fsp3) is 0.294. The van der Waals surface area contributed by atoms with Crippen LogP contribution in [-0.2, 0) is 6.42 Å². The lowest BCUT2D eigenvalue weighted by Crippen LogP contribution is -2.10. The molecule has 0 aromatic heterocycles. The Hall–Kier alpha value is -1.19. The average molecular weight is 367 g/mol. The quantitative estimate of drug-likeness (QED) is 0.760. The van der Waals surface area contributed by atoms with E-state index in [0.29, 0.717) is 0 Å². The summed E-state index contributed by atoms with van der Waals surface area (Å²) in [5.74, 6) is 1.03. The van der Waals surface area contributed by atoms with Crippen LogP contribution in [0.1, 0.15) is 30.5 Å². The first-order valence-corrected chi connectivity index (χ1v) is 8.32. The van der Waals surface area contributed by atoms with Crippen molar-refractivity contribution in [2.75, 3.05) is 11.9 Å². The van der Waals surface area contributed by atoms with E-state index < -0.39 is 0 Å². The zero-order valence-corrected chi connectivity index (χ0v) is 14.2. The Kier molecular flexibility index (Phi) is 4.41. The summed E-state index contributed by atoms with van der Waals surface area (Å²) in [4.78, 5) is 0. The molecule has 1 heterocycles. The molecule has 110 valence electrons. The van der Waals surface area contributed by atoms with Crippen molar-refractivity contribution in [1.82, 2.24) is 0 Å². The van der Waals surface area contributed by atoms with Gasteiger partial charge in [-0.3, -0.25) is 0 Å². The first kappa shape index (κ1) is 14.7. The van der Waals surface area contributed by atoms with Crippen molar-refractivity contribution in [3.8, 4) is 5.75 Å². The lowest BCUT2D eigenvalue weighted by atomic mass is 10.0. The molecule has 2 aromatic rings. The van der Waals surface area contributed by atoms with Gasteiger partial charge in [0.2, 0.25) is 0 Å². The van der Waals surface area contributed by atoms with E-state index >= 15 is 0 Å². The van der Waals surface area contributed by atoms with Crippen LogP contribution in [0, 0.1) is 0 Å². The number of halogens is 2. The number of rotatable bonds is 4. The Morgan fingerprint density at radius 2 is 2.19 bits per heavy atom. The fourth-order valence-electron chi connectivity index (χ4n) is 2.65. The van der Waals surface area contributed by atoms with E-state index in [-0.39, 0.29) is 6.04 Å². The molecule has 1 aliphatic rings. The van der Waals surface area contributed by atoms with Crippen LogP contribution in [0.15, 0.2) is 40.9 Å². The van der Waals surface area contributed by atoms with Crippen molar-refractivity contribution in [1.29, 1.82) is 0 Å². The van der Waals surface area contributed by atoms with Crippen molar-refractivity contribution >= 4 is 33.2 Å². The van der Waals surface area contributed by atoms with Gasteiger partial charge >= 0.3 is 0 Å². The topological polar surface area (TPSA) is 21.3 Å². The number of ether oxygens (including phenoxy) is 1. The van der Waals surface area contributed by atoms with Gasteiger partial charge in [-0.05, 0) is 57.7 Å². The van der Waals surface area contributed by atoms with Crippen molar-refractivity contribution < 1.29 is 4.74 Å². The summed E-state index contributed by atoms with van der Waals surface area (Å²) in [7, 11) is 0. The molecule has 1 aliphatic heterocycles. The summed E-state index contributed by atoms with van der Waals surface area (Å²) < 4.78 is 6.49. The smallest absolute Gasteiger partial charge is 0.122 e. The number of nitrogens with one attached hydrogen (secondary N) is 1. The molecule has 21 heavy (non-hydrogen) atoms. The largest absolute Gasteiger partial charge is 0.493 e. The molecule has 1 atom stereocenters. The van der Waals surface area contributed by atoms with Crippen LogP contribution >= 0.6 is 27.5 Å². The van der Waals surface area contributed by atoms with Crippen LogP contribution in [0.5, 0.6) is 5.75 Å². The fourth-order valence-corrected chi connectivity index (χ4v) is 3.20. The molecule has 0 spiro atoms. The Labute approximate surface area is 138 Å². The van der Waals surface area contributed by atoms with E-state index in [4.69, 9.17) is 16.3 Å². The third-order valence-corrected chi connectivity index (χ3v) is 5.20. The summed E-state index contributed by atoms with van der Waals surface area (Å²) in [6, 6.07) is 12.6. The summed E-state index contributed by atoms with van der Waals surface area (Å²) in [5.41, 5.74) is 3.61. The predicted octanol–water partition coefficient (Wildman–Crippen LogP) is 5.60. The van der Waals surface area contributed by atoms with Crippen molar-refractivity contribution in [2.24, 2.45) is 0 Å². The monoisotopic (exact) mass is 365 g/mol. The summed E-state index contributed by atoms with van der Waals surface area (Å²) in [6.07, 6.45) is 2.00. The number of hydrogen-bond acceptors (Lipinski definition) is 2. The highest BCUT2D eigenvalue weighted by Gasteiger charge is 2.17. The lowest BCUT2D eigenvalue weighted by Gasteiger charge is -2.20. The first-order chi connectivity index (χ1) is 10.2.